The van der Waals surface area contributed by atoms with Gasteiger partial charge in [0.2, 0.25) is 5.91 Å². The molecule has 1 aliphatic heterocycles. The zero-order chi connectivity index (χ0) is 15.3. The standard InChI is InChI=1S/C14H21NO5S/c16-11(15-10-2-6-21(19,20)7-3-10)14(12(17)18)8-13(9-14)4-1-5-13/h10H,1-9H2,(H,15,16)(H,17,18). The largest absolute Gasteiger partial charge is 0.480 e. The lowest BCUT2D eigenvalue weighted by Crippen LogP contribution is -2.62. The van der Waals surface area contributed by atoms with Crippen LogP contribution in [0.3, 0.4) is 0 Å². The average molecular weight is 315 g/mol. The van der Waals surface area contributed by atoms with Gasteiger partial charge < -0.3 is 10.4 Å². The number of sulfone groups is 1. The van der Waals surface area contributed by atoms with Crippen molar-refractivity contribution >= 4 is 21.7 Å². The molecule has 2 N–H and O–H groups in total. The highest BCUT2D eigenvalue weighted by Crippen LogP contribution is 2.64. The predicted octanol–water partition coefficient (Wildman–Crippen LogP) is 0.715. The molecule has 0 aromatic heterocycles. The van der Waals surface area contributed by atoms with Crippen molar-refractivity contribution in [3.8, 4) is 0 Å². The van der Waals surface area contributed by atoms with Crippen LogP contribution >= 0.6 is 0 Å². The van der Waals surface area contributed by atoms with Crippen molar-refractivity contribution in [2.75, 3.05) is 11.5 Å². The van der Waals surface area contributed by atoms with E-state index >= 15 is 0 Å². The van der Waals surface area contributed by atoms with Crippen LogP contribution in [0.15, 0.2) is 0 Å². The topological polar surface area (TPSA) is 101 Å². The first-order chi connectivity index (χ1) is 9.77. The number of hydrogen-bond donors (Lipinski definition) is 2. The molecular weight excluding hydrogens is 294 g/mol. The Balaban J connectivity index is 1.62. The number of carbonyl (C=O) groups is 2. The highest BCUT2D eigenvalue weighted by atomic mass is 32.2. The lowest BCUT2D eigenvalue weighted by atomic mass is 9.45. The summed E-state index contributed by atoms with van der Waals surface area (Å²) in [4.78, 5) is 24.0. The van der Waals surface area contributed by atoms with Gasteiger partial charge in [0, 0.05) is 6.04 Å². The van der Waals surface area contributed by atoms with Gasteiger partial charge in [-0.15, -0.1) is 0 Å². The number of amides is 1. The van der Waals surface area contributed by atoms with E-state index in [4.69, 9.17) is 0 Å². The van der Waals surface area contributed by atoms with Crippen LogP contribution in [0.25, 0.3) is 0 Å². The zero-order valence-electron chi connectivity index (χ0n) is 11.9. The Morgan fingerprint density at radius 3 is 2.10 bits per heavy atom. The summed E-state index contributed by atoms with van der Waals surface area (Å²) in [6, 6.07) is -0.213. The first-order valence-electron chi connectivity index (χ1n) is 7.52. The Kier molecular flexibility index (Phi) is 3.31. The van der Waals surface area contributed by atoms with E-state index in [9.17, 15) is 23.1 Å². The minimum Gasteiger partial charge on any atom is -0.480 e. The van der Waals surface area contributed by atoms with Crippen molar-refractivity contribution in [3.63, 3.8) is 0 Å². The number of aliphatic carboxylic acids is 1. The van der Waals surface area contributed by atoms with E-state index in [0.29, 0.717) is 25.7 Å². The Bertz CT molecular complexity index is 556. The number of carbonyl (C=O) groups excluding carboxylic acids is 1. The van der Waals surface area contributed by atoms with Crippen molar-refractivity contribution in [2.24, 2.45) is 10.8 Å². The Morgan fingerprint density at radius 1 is 1.10 bits per heavy atom. The third-order valence-electron chi connectivity index (χ3n) is 5.50. The highest BCUT2D eigenvalue weighted by Gasteiger charge is 2.65. The fourth-order valence-electron chi connectivity index (χ4n) is 4.03. The molecule has 21 heavy (non-hydrogen) atoms. The molecule has 118 valence electrons. The molecule has 3 aliphatic rings. The van der Waals surface area contributed by atoms with Crippen LogP contribution in [0.5, 0.6) is 0 Å². The van der Waals surface area contributed by atoms with Gasteiger partial charge in [-0.1, -0.05) is 6.42 Å². The first-order valence-corrected chi connectivity index (χ1v) is 9.34. The maximum atomic E-state index is 12.4. The summed E-state index contributed by atoms with van der Waals surface area (Å²) in [5, 5.41) is 12.2. The predicted molar refractivity (Wildman–Crippen MR) is 75.4 cm³/mol. The van der Waals surface area contributed by atoms with Gasteiger partial charge >= 0.3 is 5.97 Å². The second-order valence-corrected chi connectivity index (χ2v) is 9.30. The molecule has 1 amide bonds. The molecule has 3 rings (SSSR count). The smallest absolute Gasteiger partial charge is 0.319 e. The van der Waals surface area contributed by atoms with E-state index in [-0.39, 0.29) is 23.0 Å². The maximum absolute atomic E-state index is 12.4. The summed E-state index contributed by atoms with van der Waals surface area (Å²) in [6.07, 6.45) is 4.81. The number of hydrogen-bond acceptors (Lipinski definition) is 4. The van der Waals surface area contributed by atoms with Gasteiger partial charge in [-0.2, -0.15) is 0 Å². The molecule has 7 heteroatoms. The molecular formula is C14H21NO5S. The Hall–Kier alpha value is -1.11. The van der Waals surface area contributed by atoms with Crippen LogP contribution in [-0.4, -0.2) is 42.9 Å². The van der Waals surface area contributed by atoms with Gasteiger partial charge in [0.15, 0.2) is 0 Å². The molecule has 0 bridgehead atoms. The molecule has 0 radical (unpaired) electrons. The van der Waals surface area contributed by atoms with Gasteiger partial charge in [0.05, 0.1) is 11.5 Å². The summed E-state index contributed by atoms with van der Waals surface area (Å²) in [7, 11) is -2.98. The van der Waals surface area contributed by atoms with Crippen molar-refractivity contribution in [1.29, 1.82) is 0 Å². The molecule has 1 heterocycles. The monoisotopic (exact) mass is 315 g/mol. The minimum absolute atomic E-state index is 0.0714. The molecule has 3 fully saturated rings. The molecule has 0 aromatic rings. The number of carboxylic acid groups (broad SMARTS) is 1. The minimum atomic E-state index is -2.98. The van der Waals surface area contributed by atoms with E-state index in [0.717, 1.165) is 19.3 Å². The average Bonchev–Trinajstić information content (AvgIpc) is 2.28. The Morgan fingerprint density at radius 2 is 1.67 bits per heavy atom. The third kappa shape index (κ3) is 2.45. The molecule has 0 unspecified atom stereocenters. The number of nitrogens with one attached hydrogen (secondary N) is 1. The molecule has 6 nitrogen and oxygen atoms in total. The maximum Gasteiger partial charge on any atom is 0.319 e. The normalized spacial score (nSPS) is 33.7. The SMILES string of the molecule is O=C(O)C1(C(=O)NC2CCS(=O)(=O)CC2)CC2(CCC2)C1. The van der Waals surface area contributed by atoms with Gasteiger partial charge in [-0.05, 0) is 43.9 Å². The summed E-state index contributed by atoms with van der Waals surface area (Å²) in [6.45, 7) is 0. The lowest BCUT2D eigenvalue weighted by Gasteiger charge is -2.58. The van der Waals surface area contributed by atoms with Gasteiger partial charge in [-0.25, -0.2) is 8.42 Å². The fourth-order valence-corrected chi connectivity index (χ4v) is 5.52. The first kappa shape index (κ1) is 14.8. The van der Waals surface area contributed by atoms with Crippen molar-refractivity contribution in [2.45, 2.75) is 51.0 Å². The van der Waals surface area contributed by atoms with E-state index in [1.165, 1.54) is 0 Å². The van der Waals surface area contributed by atoms with Gasteiger partial charge in [-0.3, -0.25) is 9.59 Å². The third-order valence-corrected chi connectivity index (χ3v) is 7.22. The molecule has 0 aromatic carbocycles. The summed E-state index contributed by atoms with van der Waals surface area (Å²) < 4.78 is 22.8. The van der Waals surface area contributed by atoms with Gasteiger partial charge in [0.25, 0.3) is 0 Å². The molecule has 2 saturated carbocycles. The Labute approximate surface area is 124 Å². The quantitative estimate of drug-likeness (QED) is 0.747. The van der Waals surface area contributed by atoms with Crippen LogP contribution in [0, 0.1) is 10.8 Å². The fraction of sp³-hybridized carbons (Fsp3) is 0.857. The number of rotatable bonds is 3. The molecule has 0 atom stereocenters. The van der Waals surface area contributed by atoms with Crippen LogP contribution in [-0.2, 0) is 19.4 Å². The van der Waals surface area contributed by atoms with Crippen molar-refractivity contribution in [1.82, 2.24) is 5.32 Å². The second-order valence-electron chi connectivity index (χ2n) is 6.99. The lowest BCUT2D eigenvalue weighted by molar-refractivity contribution is -0.181. The van der Waals surface area contributed by atoms with Crippen LogP contribution in [0.2, 0.25) is 0 Å². The van der Waals surface area contributed by atoms with Crippen molar-refractivity contribution in [3.05, 3.63) is 0 Å². The van der Waals surface area contributed by atoms with E-state index < -0.39 is 27.1 Å². The zero-order valence-corrected chi connectivity index (χ0v) is 12.7. The van der Waals surface area contributed by atoms with Crippen LogP contribution < -0.4 is 5.32 Å². The molecule has 1 saturated heterocycles. The molecule has 2 aliphatic carbocycles. The summed E-state index contributed by atoms with van der Waals surface area (Å²) >= 11 is 0. The summed E-state index contributed by atoms with van der Waals surface area (Å²) in [5.41, 5.74) is -1.19. The highest BCUT2D eigenvalue weighted by molar-refractivity contribution is 7.91. The van der Waals surface area contributed by atoms with Crippen LogP contribution in [0.1, 0.15) is 44.9 Å². The second kappa shape index (κ2) is 4.69. The molecule has 1 spiro atoms. The number of carboxylic acids is 1. The van der Waals surface area contributed by atoms with E-state index in [1.54, 1.807) is 0 Å². The summed E-state index contributed by atoms with van der Waals surface area (Å²) in [5.74, 6) is -1.32. The van der Waals surface area contributed by atoms with E-state index in [2.05, 4.69) is 5.32 Å². The van der Waals surface area contributed by atoms with Crippen LogP contribution in [0.4, 0.5) is 0 Å². The van der Waals surface area contributed by atoms with Crippen molar-refractivity contribution < 1.29 is 23.1 Å². The van der Waals surface area contributed by atoms with E-state index in [1.807, 2.05) is 0 Å². The van der Waals surface area contributed by atoms with Gasteiger partial charge in [0.1, 0.15) is 15.3 Å².